The Balaban J connectivity index is 0. The number of hydrogen-bond acceptors (Lipinski definition) is 7. The molecule has 0 saturated carbocycles. The van der Waals surface area contributed by atoms with Crippen molar-refractivity contribution in [1.82, 2.24) is 0 Å². The summed E-state index contributed by atoms with van der Waals surface area (Å²) < 4.78 is 13.5. The van der Waals surface area contributed by atoms with E-state index in [1.165, 1.54) is 13.0 Å². The number of carbonyl (C=O) groups is 1. The average molecular weight is 332 g/mol. The Morgan fingerprint density at radius 1 is 1.14 bits per heavy atom. The van der Waals surface area contributed by atoms with Crippen molar-refractivity contribution in [2.24, 2.45) is 0 Å². The Morgan fingerprint density at radius 2 is 1.57 bits per heavy atom. The largest absolute Gasteiger partial charge is 0.466 e. The third-order valence-corrected chi connectivity index (χ3v) is 1.85. The summed E-state index contributed by atoms with van der Waals surface area (Å²) in [5, 5.41) is 35.0. The smallest absolute Gasteiger partial charge is 0.459 e. The summed E-state index contributed by atoms with van der Waals surface area (Å²) in [6, 6.07) is 0. The van der Waals surface area contributed by atoms with Crippen LogP contribution in [-0.2, 0) is 14.1 Å². The molecule has 0 bridgehead atoms. The van der Waals surface area contributed by atoms with Crippen LogP contribution in [0.4, 0.5) is 0 Å². The van der Waals surface area contributed by atoms with Gasteiger partial charge in [-0.2, -0.15) is 0 Å². The van der Waals surface area contributed by atoms with E-state index in [4.69, 9.17) is 39.7 Å². The number of hydrogen-bond donors (Lipinski definition) is 7. The number of ether oxygens (including phenoxy) is 1. The molecule has 0 rings (SSSR count). The second-order valence-electron chi connectivity index (χ2n) is 3.91. The quantitative estimate of drug-likeness (QED) is 0.151. The van der Waals surface area contributed by atoms with Crippen molar-refractivity contribution in [3.8, 4) is 0 Å². The van der Waals surface area contributed by atoms with Crippen molar-refractivity contribution >= 4 is 13.8 Å². The molecule has 0 aromatic heterocycles. The topological polar surface area (TPSA) is 185 Å². The fourth-order valence-corrected chi connectivity index (χ4v) is 0.809. The predicted molar refractivity (Wildman–Crippen MR) is 69.8 cm³/mol. The molecular weight excluding hydrogens is 311 g/mol. The lowest BCUT2D eigenvalue weighted by molar-refractivity contribution is -0.142. The Kier molecular flexibility index (Phi) is 12.6. The van der Waals surface area contributed by atoms with Gasteiger partial charge in [-0.05, 0) is 13.3 Å². The van der Waals surface area contributed by atoms with Crippen LogP contribution in [0.25, 0.3) is 0 Å². The maximum absolute atomic E-state index is 11.2. The van der Waals surface area contributed by atoms with E-state index in [0.29, 0.717) is 0 Å². The summed E-state index contributed by atoms with van der Waals surface area (Å²) in [6.07, 6.45) is -0.389. The van der Waals surface area contributed by atoms with Gasteiger partial charge in [0.15, 0.2) is 0 Å². The number of rotatable bonds is 7. The summed E-state index contributed by atoms with van der Waals surface area (Å²) in [6.45, 7) is 0.377. The molecule has 0 aliphatic rings. The van der Waals surface area contributed by atoms with Crippen LogP contribution in [-0.4, -0.2) is 73.1 Å². The maximum atomic E-state index is 11.2. The van der Waals surface area contributed by atoms with Gasteiger partial charge in [-0.15, -0.1) is 0 Å². The lowest BCUT2D eigenvalue weighted by Gasteiger charge is -2.09. The molecule has 0 aliphatic heterocycles. The molecule has 10 nitrogen and oxygen atoms in total. The monoisotopic (exact) mass is 332 g/mol. The Bertz CT molecular complexity index is 355. The highest BCUT2D eigenvalue weighted by atomic mass is 31.2. The summed E-state index contributed by atoms with van der Waals surface area (Å²) in [5.41, 5.74) is 0.276. The van der Waals surface area contributed by atoms with E-state index in [0.717, 1.165) is 0 Å². The molecule has 0 amide bonds. The molecule has 0 spiro atoms. The van der Waals surface area contributed by atoms with Crippen molar-refractivity contribution in [2.75, 3.05) is 19.8 Å². The summed E-state index contributed by atoms with van der Waals surface area (Å²) in [7, 11) is -4.64. The first-order valence-corrected chi connectivity index (χ1v) is 7.27. The zero-order chi connectivity index (χ0) is 17.1. The second kappa shape index (κ2) is 11.8. The van der Waals surface area contributed by atoms with Gasteiger partial charge in [0.05, 0.1) is 19.3 Å². The zero-order valence-corrected chi connectivity index (χ0v) is 12.3. The molecule has 2 atom stereocenters. The number of phosphoric acid groups is 1. The molecule has 0 aromatic rings. The van der Waals surface area contributed by atoms with Gasteiger partial charge in [-0.25, -0.2) is 9.36 Å². The fourth-order valence-electron chi connectivity index (χ4n) is 0.809. The molecule has 7 N–H and O–H groups in total. The highest BCUT2D eigenvalue weighted by molar-refractivity contribution is 7.45. The van der Waals surface area contributed by atoms with E-state index in [1.54, 1.807) is 0 Å². The lowest BCUT2D eigenvalue weighted by Crippen LogP contribution is -2.22. The molecule has 0 radical (unpaired) electrons. The van der Waals surface area contributed by atoms with Crippen molar-refractivity contribution in [1.29, 1.82) is 0 Å². The van der Waals surface area contributed by atoms with E-state index in [2.05, 4.69) is 4.74 Å². The van der Waals surface area contributed by atoms with Gasteiger partial charge in [-0.3, -0.25) is 0 Å². The Morgan fingerprint density at radius 3 is 1.95 bits per heavy atom. The molecule has 21 heavy (non-hydrogen) atoms. The van der Waals surface area contributed by atoms with E-state index in [-0.39, 0.29) is 25.2 Å². The minimum Gasteiger partial charge on any atom is -0.459 e. The summed E-state index contributed by atoms with van der Waals surface area (Å²) >= 11 is 0. The van der Waals surface area contributed by atoms with Gasteiger partial charge in [0.1, 0.15) is 12.7 Å². The maximum Gasteiger partial charge on any atom is 0.466 e. The van der Waals surface area contributed by atoms with E-state index < -0.39 is 32.6 Å². The van der Waals surface area contributed by atoms with Gasteiger partial charge in [0.25, 0.3) is 0 Å². The van der Waals surface area contributed by atoms with Crippen LogP contribution in [0, 0.1) is 0 Å². The summed E-state index contributed by atoms with van der Waals surface area (Å²) in [5.74, 6) is -0.627. The SMILES string of the molecule is CC(=CCC(O)CO)C(=O)OCC(O)CO.O=P(O)(O)O. The van der Waals surface area contributed by atoms with Crippen LogP contribution in [0.3, 0.4) is 0 Å². The van der Waals surface area contributed by atoms with Crippen molar-refractivity contribution < 1.29 is 49.2 Å². The number of aliphatic hydroxyl groups excluding tert-OH is 4. The average Bonchev–Trinajstić information content (AvgIpc) is 2.39. The van der Waals surface area contributed by atoms with Crippen LogP contribution < -0.4 is 0 Å². The molecule has 0 fully saturated rings. The standard InChI is InChI=1S/C10H18O6.H3O4P/c1-7(2-3-8(13)4-11)10(15)16-6-9(14)5-12;1-5(2,3)4/h2,8-9,11-14H,3-6H2,1H3;(H3,1,2,3,4). The molecule has 0 saturated heterocycles. The zero-order valence-electron chi connectivity index (χ0n) is 11.4. The van der Waals surface area contributed by atoms with E-state index in [1.807, 2.05) is 0 Å². The molecular formula is C10H21O10P. The summed E-state index contributed by atoms with van der Waals surface area (Å²) in [4.78, 5) is 32.8. The first kappa shape index (κ1) is 22.4. The lowest BCUT2D eigenvalue weighted by atomic mass is 10.2. The number of carbonyl (C=O) groups excluding carboxylic acids is 1. The predicted octanol–water partition coefficient (Wildman–Crippen LogP) is -2.36. The number of esters is 1. The van der Waals surface area contributed by atoms with E-state index in [9.17, 15) is 4.79 Å². The third-order valence-electron chi connectivity index (χ3n) is 1.85. The first-order valence-electron chi connectivity index (χ1n) is 5.71. The Labute approximate surface area is 121 Å². The van der Waals surface area contributed by atoms with Crippen molar-refractivity contribution in [2.45, 2.75) is 25.6 Å². The first-order chi connectivity index (χ1) is 9.51. The van der Waals surface area contributed by atoms with Crippen LogP contribution in [0.15, 0.2) is 11.6 Å². The molecule has 2 unspecified atom stereocenters. The fraction of sp³-hybridized carbons (Fsp3) is 0.700. The van der Waals surface area contributed by atoms with Gasteiger partial charge >= 0.3 is 13.8 Å². The minimum absolute atomic E-state index is 0.153. The van der Waals surface area contributed by atoms with Crippen molar-refractivity contribution in [3.05, 3.63) is 11.6 Å². The van der Waals surface area contributed by atoms with Gasteiger partial charge < -0.3 is 39.8 Å². The minimum atomic E-state index is -4.64. The van der Waals surface area contributed by atoms with Gasteiger partial charge in [0, 0.05) is 5.57 Å². The van der Waals surface area contributed by atoms with Crippen LogP contribution in [0.2, 0.25) is 0 Å². The van der Waals surface area contributed by atoms with Gasteiger partial charge in [0.2, 0.25) is 0 Å². The molecule has 0 aliphatic carbocycles. The molecule has 11 heteroatoms. The normalized spacial score (nSPS) is 14.8. The van der Waals surface area contributed by atoms with Crippen LogP contribution in [0.1, 0.15) is 13.3 Å². The molecule has 0 aromatic carbocycles. The van der Waals surface area contributed by atoms with Crippen LogP contribution in [0.5, 0.6) is 0 Å². The second-order valence-corrected chi connectivity index (χ2v) is 4.93. The molecule has 0 heterocycles. The number of aliphatic hydroxyl groups is 4. The molecule has 126 valence electrons. The van der Waals surface area contributed by atoms with Gasteiger partial charge in [-0.1, -0.05) is 6.08 Å². The van der Waals surface area contributed by atoms with Crippen molar-refractivity contribution in [3.63, 3.8) is 0 Å². The third kappa shape index (κ3) is 19.2. The van der Waals surface area contributed by atoms with E-state index >= 15 is 0 Å². The Hall–Kier alpha value is -0.840. The highest BCUT2D eigenvalue weighted by Gasteiger charge is 2.10. The van der Waals surface area contributed by atoms with Crippen LogP contribution >= 0.6 is 7.82 Å². The highest BCUT2D eigenvalue weighted by Crippen LogP contribution is 2.25.